The van der Waals surface area contributed by atoms with Crippen LogP contribution in [-0.4, -0.2) is 33.4 Å². The van der Waals surface area contributed by atoms with E-state index in [1.54, 1.807) is 4.68 Å². The summed E-state index contributed by atoms with van der Waals surface area (Å²) >= 11 is 0. The molecule has 0 spiro atoms. The van der Waals surface area contributed by atoms with Crippen molar-refractivity contribution in [3.63, 3.8) is 0 Å². The van der Waals surface area contributed by atoms with E-state index < -0.39 is 0 Å². The standard InChI is InChI=1S/C16H25N5O2/c1-4-7-10-21-16(18-19-20-21)17-12-13-8-9-14(22-5-2)15(11-13)23-6-3/h8-9,11H,4-7,10,12H2,1-3H3,(H,17,18,20). The minimum atomic E-state index is 0.603. The number of anilines is 1. The molecule has 1 aromatic carbocycles. The molecule has 1 aromatic heterocycles. The van der Waals surface area contributed by atoms with Gasteiger partial charge in [0.05, 0.1) is 13.2 Å². The molecule has 0 saturated carbocycles. The Balaban J connectivity index is 2.02. The first-order valence-corrected chi connectivity index (χ1v) is 8.17. The zero-order chi connectivity index (χ0) is 16.5. The van der Waals surface area contributed by atoms with Crippen LogP contribution in [0.4, 0.5) is 5.95 Å². The normalized spacial score (nSPS) is 10.6. The summed E-state index contributed by atoms with van der Waals surface area (Å²) in [5.41, 5.74) is 1.09. The Morgan fingerprint density at radius 1 is 1.09 bits per heavy atom. The van der Waals surface area contributed by atoms with E-state index in [4.69, 9.17) is 9.47 Å². The number of hydrogen-bond donors (Lipinski definition) is 1. The van der Waals surface area contributed by atoms with Gasteiger partial charge < -0.3 is 14.8 Å². The molecule has 0 aliphatic rings. The summed E-state index contributed by atoms with van der Waals surface area (Å²) in [6.07, 6.45) is 2.16. The first-order valence-electron chi connectivity index (χ1n) is 8.17. The van der Waals surface area contributed by atoms with Crippen molar-refractivity contribution in [2.24, 2.45) is 0 Å². The predicted octanol–water partition coefficient (Wildman–Crippen LogP) is 2.88. The number of hydrogen-bond acceptors (Lipinski definition) is 6. The predicted molar refractivity (Wildman–Crippen MR) is 88.8 cm³/mol. The fourth-order valence-corrected chi connectivity index (χ4v) is 2.18. The first kappa shape index (κ1) is 17.1. The van der Waals surface area contributed by atoms with E-state index in [-0.39, 0.29) is 0 Å². The molecule has 23 heavy (non-hydrogen) atoms. The lowest BCUT2D eigenvalue weighted by Gasteiger charge is -2.13. The summed E-state index contributed by atoms with van der Waals surface area (Å²) in [6, 6.07) is 5.94. The molecule has 2 aromatic rings. The van der Waals surface area contributed by atoms with E-state index in [0.29, 0.717) is 25.7 Å². The van der Waals surface area contributed by atoms with E-state index in [1.165, 1.54) is 0 Å². The fraction of sp³-hybridized carbons (Fsp3) is 0.562. The molecular weight excluding hydrogens is 294 g/mol. The van der Waals surface area contributed by atoms with Gasteiger partial charge in [0.25, 0.3) is 0 Å². The van der Waals surface area contributed by atoms with Crippen LogP contribution in [0.2, 0.25) is 0 Å². The van der Waals surface area contributed by atoms with Gasteiger partial charge in [-0.25, -0.2) is 4.68 Å². The topological polar surface area (TPSA) is 74.1 Å². The molecule has 126 valence electrons. The number of rotatable bonds is 10. The zero-order valence-electron chi connectivity index (χ0n) is 14.1. The van der Waals surface area contributed by atoms with Crippen molar-refractivity contribution in [2.75, 3.05) is 18.5 Å². The van der Waals surface area contributed by atoms with Crippen LogP contribution in [-0.2, 0) is 13.1 Å². The molecule has 0 aliphatic heterocycles. The average molecular weight is 319 g/mol. The third kappa shape index (κ3) is 4.84. The summed E-state index contributed by atoms with van der Waals surface area (Å²) in [5.74, 6) is 2.22. The average Bonchev–Trinajstić information content (AvgIpc) is 3.01. The molecule has 0 bridgehead atoms. The number of unbranched alkanes of at least 4 members (excludes halogenated alkanes) is 1. The van der Waals surface area contributed by atoms with Gasteiger partial charge in [-0.15, -0.1) is 0 Å². The van der Waals surface area contributed by atoms with Gasteiger partial charge in [-0.2, -0.15) is 0 Å². The van der Waals surface area contributed by atoms with E-state index in [1.807, 2.05) is 32.0 Å². The number of aryl methyl sites for hydroxylation is 1. The molecular formula is C16H25N5O2. The van der Waals surface area contributed by atoms with Gasteiger partial charge in [-0.1, -0.05) is 24.5 Å². The molecule has 0 fully saturated rings. The smallest absolute Gasteiger partial charge is 0.243 e. The Hall–Kier alpha value is -2.31. The lowest BCUT2D eigenvalue weighted by molar-refractivity contribution is 0.287. The van der Waals surface area contributed by atoms with Crippen molar-refractivity contribution in [3.8, 4) is 11.5 Å². The maximum atomic E-state index is 5.65. The molecule has 2 rings (SSSR count). The second-order valence-electron chi connectivity index (χ2n) is 5.08. The fourth-order valence-electron chi connectivity index (χ4n) is 2.18. The number of benzene rings is 1. The summed E-state index contributed by atoms with van der Waals surface area (Å²) in [7, 11) is 0. The van der Waals surface area contributed by atoms with Crippen LogP contribution < -0.4 is 14.8 Å². The Labute approximate surface area is 137 Å². The molecule has 7 heteroatoms. The minimum Gasteiger partial charge on any atom is -0.490 e. The number of nitrogens with zero attached hydrogens (tertiary/aromatic N) is 4. The first-order chi connectivity index (χ1) is 11.3. The Kier molecular flexibility index (Phi) is 6.65. The highest BCUT2D eigenvalue weighted by molar-refractivity contribution is 5.44. The summed E-state index contributed by atoms with van der Waals surface area (Å²) < 4.78 is 13.0. The van der Waals surface area contributed by atoms with Gasteiger partial charge in [0.2, 0.25) is 5.95 Å². The Bertz CT molecular complexity index is 600. The van der Waals surface area contributed by atoms with Crippen LogP contribution in [0.3, 0.4) is 0 Å². The van der Waals surface area contributed by atoms with Crippen molar-refractivity contribution in [3.05, 3.63) is 23.8 Å². The zero-order valence-corrected chi connectivity index (χ0v) is 14.1. The second kappa shape index (κ2) is 8.97. The van der Waals surface area contributed by atoms with Crippen molar-refractivity contribution < 1.29 is 9.47 Å². The minimum absolute atomic E-state index is 0.603. The molecule has 1 N–H and O–H groups in total. The Morgan fingerprint density at radius 2 is 1.87 bits per heavy atom. The third-order valence-electron chi connectivity index (χ3n) is 3.31. The SMILES string of the molecule is CCCCn1nnnc1NCc1ccc(OCC)c(OCC)c1. The highest BCUT2D eigenvalue weighted by Gasteiger charge is 2.08. The number of nitrogens with one attached hydrogen (secondary N) is 1. The number of ether oxygens (including phenoxy) is 2. The van der Waals surface area contributed by atoms with Gasteiger partial charge in [0.1, 0.15) is 0 Å². The van der Waals surface area contributed by atoms with E-state index in [2.05, 4.69) is 27.8 Å². The third-order valence-corrected chi connectivity index (χ3v) is 3.31. The van der Waals surface area contributed by atoms with Crippen LogP contribution in [0.25, 0.3) is 0 Å². The Morgan fingerprint density at radius 3 is 2.61 bits per heavy atom. The monoisotopic (exact) mass is 319 g/mol. The molecule has 0 unspecified atom stereocenters. The van der Waals surface area contributed by atoms with Crippen molar-refractivity contribution >= 4 is 5.95 Å². The van der Waals surface area contributed by atoms with Gasteiger partial charge >= 0.3 is 0 Å². The van der Waals surface area contributed by atoms with Gasteiger partial charge in [-0.3, -0.25) is 0 Å². The van der Waals surface area contributed by atoms with Crippen LogP contribution in [0.5, 0.6) is 11.5 Å². The largest absolute Gasteiger partial charge is 0.490 e. The lowest BCUT2D eigenvalue weighted by Crippen LogP contribution is -2.09. The maximum absolute atomic E-state index is 5.65. The number of tetrazole rings is 1. The maximum Gasteiger partial charge on any atom is 0.243 e. The molecule has 0 saturated heterocycles. The van der Waals surface area contributed by atoms with E-state index in [0.717, 1.165) is 36.4 Å². The van der Waals surface area contributed by atoms with Crippen molar-refractivity contribution in [1.82, 2.24) is 20.2 Å². The molecule has 0 atom stereocenters. The van der Waals surface area contributed by atoms with Crippen LogP contribution in [0, 0.1) is 0 Å². The van der Waals surface area contributed by atoms with Gasteiger partial charge in [0.15, 0.2) is 11.5 Å². The van der Waals surface area contributed by atoms with Crippen LogP contribution in [0.1, 0.15) is 39.2 Å². The summed E-state index contributed by atoms with van der Waals surface area (Å²) in [4.78, 5) is 0. The molecule has 0 radical (unpaired) electrons. The van der Waals surface area contributed by atoms with E-state index >= 15 is 0 Å². The quantitative estimate of drug-likeness (QED) is 0.726. The van der Waals surface area contributed by atoms with Gasteiger partial charge in [-0.05, 0) is 48.4 Å². The van der Waals surface area contributed by atoms with E-state index in [9.17, 15) is 0 Å². The molecule has 7 nitrogen and oxygen atoms in total. The lowest BCUT2D eigenvalue weighted by atomic mass is 10.2. The van der Waals surface area contributed by atoms with Crippen LogP contribution >= 0.6 is 0 Å². The molecule has 0 aliphatic carbocycles. The van der Waals surface area contributed by atoms with Crippen molar-refractivity contribution in [1.29, 1.82) is 0 Å². The van der Waals surface area contributed by atoms with Crippen molar-refractivity contribution in [2.45, 2.75) is 46.7 Å². The molecule has 1 heterocycles. The number of aromatic nitrogens is 4. The van der Waals surface area contributed by atoms with Crippen LogP contribution in [0.15, 0.2) is 18.2 Å². The summed E-state index contributed by atoms with van der Waals surface area (Å²) in [6.45, 7) is 8.73. The highest BCUT2D eigenvalue weighted by Crippen LogP contribution is 2.28. The highest BCUT2D eigenvalue weighted by atomic mass is 16.5. The summed E-state index contributed by atoms with van der Waals surface area (Å²) in [5, 5.41) is 15.0. The van der Waals surface area contributed by atoms with Gasteiger partial charge in [0, 0.05) is 13.1 Å². The second-order valence-corrected chi connectivity index (χ2v) is 5.08. The molecule has 0 amide bonds.